The van der Waals surface area contributed by atoms with Gasteiger partial charge in [0.05, 0.1) is 0 Å². The molecule has 2 fully saturated rings. The molecular weight excluding hydrogens is 236 g/mol. The van der Waals surface area contributed by atoms with Crippen LogP contribution < -0.4 is 10.6 Å². The van der Waals surface area contributed by atoms with E-state index >= 15 is 0 Å². The van der Waals surface area contributed by atoms with Crippen molar-refractivity contribution in [3.05, 3.63) is 0 Å². The molecule has 0 unspecified atom stereocenters. The van der Waals surface area contributed by atoms with Gasteiger partial charge in [0.25, 0.3) is 0 Å². The Labute approximate surface area is 118 Å². The number of methoxy groups -OCH3 is 1. The topological polar surface area (TPSA) is 33.3 Å². The summed E-state index contributed by atoms with van der Waals surface area (Å²) >= 11 is 0. The monoisotopic (exact) mass is 268 g/mol. The molecule has 2 aliphatic rings. The first kappa shape index (κ1) is 15.3. The molecule has 1 saturated heterocycles. The lowest BCUT2D eigenvalue weighted by Gasteiger charge is -2.38. The molecule has 19 heavy (non-hydrogen) atoms. The van der Waals surface area contributed by atoms with Crippen molar-refractivity contribution in [3.63, 3.8) is 0 Å². The zero-order valence-corrected chi connectivity index (χ0v) is 12.9. The molecule has 1 aliphatic carbocycles. The highest BCUT2D eigenvalue weighted by atomic mass is 16.5. The number of piperidine rings is 1. The van der Waals surface area contributed by atoms with Crippen LogP contribution in [0.1, 0.15) is 51.9 Å². The van der Waals surface area contributed by atoms with Gasteiger partial charge in [0.2, 0.25) is 0 Å². The molecule has 2 rings (SSSR count). The molecule has 1 heterocycles. The van der Waals surface area contributed by atoms with Gasteiger partial charge in [0, 0.05) is 26.8 Å². The van der Waals surface area contributed by atoms with Crippen molar-refractivity contribution in [1.82, 2.24) is 10.6 Å². The molecule has 0 aromatic rings. The first-order chi connectivity index (χ1) is 9.24. The Bertz CT molecular complexity index is 252. The lowest BCUT2D eigenvalue weighted by molar-refractivity contribution is 0.157. The van der Waals surface area contributed by atoms with E-state index in [0.29, 0.717) is 10.8 Å². The molecule has 1 saturated carbocycles. The minimum Gasteiger partial charge on any atom is -0.385 e. The Morgan fingerprint density at radius 1 is 1.00 bits per heavy atom. The molecule has 0 aromatic carbocycles. The second-order valence-corrected chi connectivity index (χ2v) is 6.85. The van der Waals surface area contributed by atoms with Gasteiger partial charge in [-0.25, -0.2) is 0 Å². The Morgan fingerprint density at radius 3 is 2.16 bits per heavy atom. The molecule has 1 aliphatic heterocycles. The van der Waals surface area contributed by atoms with Gasteiger partial charge in [-0.05, 0) is 62.4 Å². The molecule has 0 spiro atoms. The summed E-state index contributed by atoms with van der Waals surface area (Å²) in [6.07, 6.45) is 9.41. The fourth-order valence-electron chi connectivity index (χ4n) is 3.61. The summed E-state index contributed by atoms with van der Waals surface area (Å²) < 4.78 is 5.24. The average Bonchev–Trinajstić information content (AvgIpc) is 3.18. The van der Waals surface area contributed by atoms with Crippen molar-refractivity contribution in [2.45, 2.75) is 51.9 Å². The zero-order valence-electron chi connectivity index (χ0n) is 12.9. The maximum absolute atomic E-state index is 5.24. The predicted molar refractivity (Wildman–Crippen MR) is 80.5 cm³/mol. The fraction of sp³-hybridized carbons (Fsp3) is 1.00. The van der Waals surface area contributed by atoms with Gasteiger partial charge in [0.15, 0.2) is 0 Å². The Hall–Kier alpha value is -0.120. The number of hydrogen-bond donors (Lipinski definition) is 2. The summed E-state index contributed by atoms with van der Waals surface area (Å²) in [7, 11) is 1.81. The zero-order chi connectivity index (χ0) is 13.6. The van der Waals surface area contributed by atoms with Crippen LogP contribution in [0, 0.1) is 10.8 Å². The fourth-order valence-corrected chi connectivity index (χ4v) is 3.61. The van der Waals surface area contributed by atoms with Crippen LogP contribution in [0.4, 0.5) is 0 Å². The number of ether oxygens (including phenoxy) is 1. The second-order valence-electron chi connectivity index (χ2n) is 6.85. The van der Waals surface area contributed by atoms with Gasteiger partial charge in [-0.15, -0.1) is 0 Å². The number of rotatable bonds is 9. The molecular formula is C16H32N2O. The van der Waals surface area contributed by atoms with Crippen LogP contribution >= 0.6 is 0 Å². The van der Waals surface area contributed by atoms with Crippen LogP contribution in [-0.2, 0) is 4.74 Å². The number of nitrogens with one attached hydrogen (secondary N) is 2. The van der Waals surface area contributed by atoms with E-state index in [1.54, 1.807) is 0 Å². The quantitative estimate of drug-likeness (QED) is 0.674. The van der Waals surface area contributed by atoms with Crippen molar-refractivity contribution in [2.24, 2.45) is 10.8 Å². The smallest absolute Gasteiger partial charge is 0.0468 e. The predicted octanol–water partition coefficient (Wildman–Crippen LogP) is 2.56. The standard InChI is InChI=1S/C16H32N2O/c1-3-4-15(7-10-17-11-8-15)13-18-14-16(5-6-16)9-12-19-2/h17-18H,3-14H2,1-2H3. The highest BCUT2D eigenvalue weighted by Gasteiger charge is 2.42. The summed E-state index contributed by atoms with van der Waals surface area (Å²) in [4.78, 5) is 0. The molecule has 3 nitrogen and oxygen atoms in total. The summed E-state index contributed by atoms with van der Waals surface area (Å²) in [5.41, 5.74) is 1.15. The summed E-state index contributed by atoms with van der Waals surface area (Å²) in [5, 5.41) is 7.31. The second kappa shape index (κ2) is 7.05. The first-order valence-corrected chi connectivity index (χ1v) is 8.15. The Kier molecular flexibility index (Phi) is 5.67. The van der Waals surface area contributed by atoms with Crippen LogP contribution in [0.15, 0.2) is 0 Å². The Morgan fingerprint density at radius 2 is 1.63 bits per heavy atom. The molecule has 112 valence electrons. The van der Waals surface area contributed by atoms with Crippen LogP contribution in [0.2, 0.25) is 0 Å². The summed E-state index contributed by atoms with van der Waals surface area (Å²) in [6, 6.07) is 0. The highest BCUT2D eigenvalue weighted by molar-refractivity contribution is 4.96. The molecule has 0 bridgehead atoms. The van der Waals surface area contributed by atoms with Crippen molar-refractivity contribution < 1.29 is 4.74 Å². The van der Waals surface area contributed by atoms with Crippen molar-refractivity contribution >= 4 is 0 Å². The van der Waals surface area contributed by atoms with Crippen LogP contribution in [0.3, 0.4) is 0 Å². The highest BCUT2D eigenvalue weighted by Crippen LogP contribution is 2.48. The average molecular weight is 268 g/mol. The van der Waals surface area contributed by atoms with E-state index in [1.165, 1.54) is 71.1 Å². The van der Waals surface area contributed by atoms with Crippen LogP contribution in [-0.4, -0.2) is 39.9 Å². The first-order valence-electron chi connectivity index (χ1n) is 8.15. The lowest BCUT2D eigenvalue weighted by atomic mass is 9.75. The van der Waals surface area contributed by atoms with E-state index in [9.17, 15) is 0 Å². The minimum absolute atomic E-state index is 0.567. The van der Waals surface area contributed by atoms with E-state index in [4.69, 9.17) is 4.74 Å². The van der Waals surface area contributed by atoms with Gasteiger partial charge >= 0.3 is 0 Å². The normalized spacial score (nSPS) is 24.3. The third kappa shape index (κ3) is 4.44. The van der Waals surface area contributed by atoms with Gasteiger partial charge in [0.1, 0.15) is 0 Å². The summed E-state index contributed by atoms with van der Waals surface area (Å²) in [6.45, 7) is 8.08. The lowest BCUT2D eigenvalue weighted by Crippen LogP contribution is -2.44. The van der Waals surface area contributed by atoms with Crippen LogP contribution in [0.25, 0.3) is 0 Å². The van der Waals surface area contributed by atoms with Crippen molar-refractivity contribution in [1.29, 1.82) is 0 Å². The van der Waals surface area contributed by atoms with Gasteiger partial charge in [-0.1, -0.05) is 13.3 Å². The maximum atomic E-state index is 5.24. The van der Waals surface area contributed by atoms with E-state index < -0.39 is 0 Å². The molecule has 0 aromatic heterocycles. The van der Waals surface area contributed by atoms with E-state index in [0.717, 1.165) is 6.61 Å². The van der Waals surface area contributed by atoms with E-state index in [-0.39, 0.29) is 0 Å². The number of hydrogen-bond acceptors (Lipinski definition) is 3. The molecule has 0 radical (unpaired) electrons. The van der Waals surface area contributed by atoms with Gasteiger partial charge < -0.3 is 15.4 Å². The molecule has 2 N–H and O–H groups in total. The third-order valence-electron chi connectivity index (χ3n) is 5.24. The summed E-state index contributed by atoms with van der Waals surface area (Å²) in [5.74, 6) is 0. The van der Waals surface area contributed by atoms with Crippen molar-refractivity contribution in [3.8, 4) is 0 Å². The molecule has 3 heteroatoms. The van der Waals surface area contributed by atoms with Crippen LogP contribution in [0.5, 0.6) is 0 Å². The van der Waals surface area contributed by atoms with Gasteiger partial charge in [-0.3, -0.25) is 0 Å². The third-order valence-corrected chi connectivity index (χ3v) is 5.24. The maximum Gasteiger partial charge on any atom is 0.0468 e. The van der Waals surface area contributed by atoms with E-state index in [1.807, 2.05) is 7.11 Å². The SMILES string of the molecule is CCCC1(CNCC2(CCOC)CC2)CCNCC1. The van der Waals surface area contributed by atoms with Gasteiger partial charge in [-0.2, -0.15) is 0 Å². The largest absolute Gasteiger partial charge is 0.385 e. The molecule has 0 amide bonds. The minimum atomic E-state index is 0.567. The van der Waals surface area contributed by atoms with E-state index in [2.05, 4.69) is 17.6 Å². The molecule has 0 atom stereocenters. The Balaban J connectivity index is 1.73. The van der Waals surface area contributed by atoms with Crippen molar-refractivity contribution in [2.75, 3.05) is 39.9 Å².